The number of hydrogen-bond acceptors (Lipinski definition) is 7. The number of carbonyl (C=O) groups is 2. The zero-order valence-corrected chi connectivity index (χ0v) is 11.6. The van der Waals surface area contributed by atoms with Gasteiger partial charge in [-0.2, -0.15) is 0 Å². The molecule has 1 fully saturated rings. The highest BCUT2D eigenvalue weighted by atomic mass is 16.5. The highest BCUT2D eigenvalue weighted by molar-refractivity contribution is 5.76. The Morgan fingerprint density at radius 2 is 2.38 bits per heavy atom. The van der Waals surface area contributed by atoms with Crippen LogP contribution in [0.25, 0.3) is 0 Å². The Balaban J connectivity index is 1.87. The lowest BCUT2D eigenvalue weighted by Gasteiger charge is -2.31. The molecule has 0 bridgehead atoms. The van der Waals surface area contributed by atoms with Crippen LogP contribution in [-0.2, 0) is 25.6 Å². The lowest BCUT2D eigenvalue weighted by molar-refractivity contribution is -0.149. The van der Waals surface area contributed by atoms with Gasteiger partial charge in [0.2, 0.25) is 5.91 Å². The molecule has 0 saturated carbocycles. The third-order valence-corrected chi connectivity index (χ3v) is 3.08. The summed E-state index contributed by atoms with van der Waals surface area (Å²) in [7, 11) is 0. The molecule has 1 aromatic heterocycles. The van der Waals surface area contributed by atoms with E-state index in [1.165, 1.54) is 4.68 Å². The van der Waals surface area contributed by atoms with Crippen molar-refractivity contribution in [2.45, 2.75) is 32.0 Å². The van der Waals surface area contributed by atoms with Gasteiger partial charge in [-0.15, -0.1) is 5.10 Å². The van der Waals surface area contributed by atoms with E-state index in [1.54, 1.807) is 6.92 Å². The number of aryl methyl sites for hydroxylation is 1. The van der Waals surface area contributed by atoms with Crippen molar-refractivity contribution in [2.24, 2.45) is 0 Å². The van der Waals surface area contributed by atoms with Crippen molar-refractivity contribution in [3.63, 3.8) is 0 Å². The molecule has 0 radical (unpaired) electrons. The van der Waals surface area contributed by atoms with Crippen molar-refractivity contribution in [1.82, 2.24) is 25.5 Å². The van der Waals surface area contributed by atoms with Crippen LogP contribution in [0.1, 0.15) is 12.2 Å². The van der Waals surface area contributed by atoms with Gasteiger partial charge in [0.1, 0.15) is 25.1 Å². The van der Waals surface area contributed by atoms with Crippen LogP contribution in [0.3, 0.4) is 0 Å². The third-order valence-electron chi connectivity index (χ3n) is 3.08. The first kappa shape index (κ1) is 15.3. The monoisotopic (exact) mass is 299 g/mol. The van der Waals surface area contributed by atoms with Gasteiger partial charge in [-0.3, -0.25) is 4.79 Å². The average molecular weight is 299 g/mol. The molecule has 0 unspecified atom stereocenters. The maximum Gasteiger partial charge on any atom is 0.329 e. The van der Waals surface area contributed by atoms with Gasteiger partial charge in [-0.1, -0.05) is 0 Å². The van der Waals surface area contributed by atoms with E-state index >= 15 is 0 Å². The van der Waals surface area contributed by atoms with Gasteiger partial charge >= 0.3 is 5.97 Å². The van der Waals surface area contributed by atoms with Gasteiger partial charge in [0.15, 0.2) is 0 Å². The Morgan fingerprint density at radius 3 is 3.05 bits per heavy atom. The maximum atomic E-state index is 12.0. The van der Waals surface area contributed by atoms with Gasteiger partial charge < -0.3 is 19.9 Å². The molecule has 1 aliphatic rings. The van der Waals surface area contributed by atoms with Crippen LogP contribution in [0, 0.1) is 6.92 Å². The molecule has 0 aliphatic carbocycles. The van der Waals surface area contributed by atoms with Crippen LogP contribution in [0.2, 0.25) is 0 Å². The molecule has 2 atom stereocenters. The zero-order valence-electron chi connectivity index (χ0n) is 11.6. The SMILES string of the molecule is Cc1nnnn1CC(=O)N[C@@H]1CCOC[C@H]1OCC(=O)O. The van der Waals surface area contributed by atoms with E-state index in [4.69, 9.17) is 14.6 Å². The number of aliphatic carboxylic acids is 1. The molecule has 10 nitrogen and oxygen atoms in total. The van der Waals surface area contributed by atoms with Crippen molar-refractivity contribution in [1.29, 1.82) is 0 Å². The summed E-state index contributed by atoms with van der Waals surface area (Å²) in [6.07, 6.45) is 0.0821. The fraction of sp³-hybridized carbons (Fsp3) is 0.727. The second kappa shape index (κ2) is 7.09. The number of nitrogens with zero attached hydrogens (tertiary/aromatic N) is 4. The molecule has 0 aromatic carbocycles. The second-order valence-corrected chi connectivity index (χ2v) is 4.66. The standard InChI is InChI=1S/C11H17N5O5/c1-7-13-14-15-16(7)4-10(17)12-8-2-3-20-5-9(8)21-6-11(18)19/h8-9H,2-6H2,1H3,(H,12,17)(H,18,19)/t8-,9-/m1/s1. The van der Waals surface area contributed by atoms with Crippen LogP contribution in [0.4, 0.5) is 0 Å². The lowest BCUT2D eigenvalue weighted by atomic mass is 10.1. The van der Waals surface area contributed by atoms with E-state index in [0.717, 1.165) is 0 Å². The van der Waals surface area contributed by atoms with Crippen molar-refractivity contribution in [3.05, 3.63) is 5.82 Å². The lowest BCUT2D eigenvalue weighted by Crippen LogP contribution is -2.51. The van der Waals surface area contributed by atoms with E-state index in [1.807, 2.05) is 0 Å². The quantitative estimate of drug-likeness (QED) is 0.639. The first-order chi connectivity index (χ1) is 10.1. The zero-order chi connectivity index (χ0) is 15.2. The number of nitrogens with one attached hydrogen (secondary N) is 1. The van der Waals surface area contributed by atoms with Gasteiger partial charge in [0.25, 0.3) is 0 Å². The number of carboxylic acid groups (broad SMARTS) is 1. The number of amides is 1. The summed E-state index contributed by atoms with van der Waals surface area (Å²) in [5.41, 5.74) is 0. The Bertz CT molecular complexity index is 505. The number of hydrogen-bond donors (Lipinski definition) is 2. The van der Waals surface area contributed by atoms with Crippen LogP contribution in [0.5, 0.6) is 0 Å². The van der Waals surface area contributed by atoms with Crippen molar-refractivity contribution in [2.75, 3.05) is 19.8 Å². The smallest absolute Gasteiger partial charge is 0.329 e. The molecular weight excluding hydrogens is 282 g/mol. The normalized spacial score (nSPS) is 22.0. The van der Waals surface area contributed by atoms with E-state index < -0.39 is 18.7 Å². The molecule has 2 heterocycles. The van der Waals surface area contributed by atoms with Crippen LogP contribution < -0.4 is 5.32 Å². The fourth-order valence-electron chi connectivity index (χ4n) is 2.00. The predicted octanol–water partition coefficient (Wildman–Crippen LogP) is -1.64. The van der Waals surface area contributed by atoms with Crippen LogP contribution >= 0.6 is 0 Å². The summed E-state index contributed by atoms with van der Waals surface area (Å²) >= 11 is 0. The second-order valence-electron chi connectivity index (χ2n) is 4.66. The minimum absolute atomic E-state index is 0.00183. The minimum Gasteiger partial charge on any atom is -0.480 e. The highest BCUT2D eigenvalue weighted by Crippen LogP contribution is 2.11. The van der Waals surface area contributed by atoms with E-state index in [0.29, 0.717) is 18.9 Å². The minimum atomic E-state index is -1.06. The maximum absolute atomic E-state index is 12.0. The molecule has 10 heteroatoms. The molecule has 1 aromatic rings. The third kappa shape index (κ3) is 4.46. The van der Waals surface area contributed by atoms with Crippen molar-refractivity contribution < 1.29 is 24.2 Å². The molecule has 1 amide bonds. The summed E-state index contributed by atoms with van der Waals surface area (Å²) in [6.45, 7) is 2.01. The van der Waals surface area contributed by atoms with E-state index in [2.05, 4.69) is 20.8 Å². The molecule has 21 heavy (non-hydrogen) atoms. The number of carboxylic acids is 1. The van der Waals surface area contributed by atoms with Gasteiger partial charge in [-0.05, 0) is 23.8 Å². The molecule has 1 saturated heterocycles. The number of carbonyl (C=O) groups excluding carboxylic acids is 1. The molecule has 2 N–H and O–H groups in total. The first-order valence-electron chi connectivity index (χ1n) is 6.49. The van der Waals surface area contributed by atoms with Crippen molar-refractivity contribution >= 4 is 11.9 Å². The summed E-state index contributed by atoms with van der Waals surface area (Å²) in [6, 6.07) is -0.289. The highest BCUT2D eigenvalue weighted by Gasteiger charge is 2.28. The summed E-state index contributed by atoms with van der Waals surface area (Å²) in [5, 5.41) is 22.3. The topological polar surface area (TPSA) is 128 Å². The van der Waals surface area contributed by atoms with Crippen LogP contribution in [-0.4, -0.2) is 69.2 Å². The Hall–Kier alpha value is -2.07. The largest absolute Gasteiger partial charge is 0.480 e. The number of aromatic nitrogens is 4. The predicted molar refractivity (Wildman–Crippen MR) is 67.3 cm³/mol. The fourth-order valence-corrected chi connectivity index (χ4v) is 2.00. The van der Waals surface area contributed by atoms with E-state index in [9.17, 15) is 9.59 Å². The number of tetrazole rings is 1. The van der Waals surface area contributed by atoms with Gasteiger partial charge in [-0.25, -0.2) is 9.48 Å². The number of rotatable bonds is 6. The molecule has 1 aliphatic heterocycles. The van der Waals surface area contributed by atoms with Crippen molar-refractivity contribution in [3.8, 4) is 0 Å². The Kier molecular flexibility index (Phi) is 5.17. The molecular formula is C11H17N5O5. The first-order valence-corrected chi connectivity index (χ1v) is 6.49. The molecule has 2 rings (SSSR count). The molecule has 0 spiro atoms. The summed E-state index contributed by atoms with van der Waals surface area (Å²) in [5.74, 6) is -0.785. The van der Waals surface area contributed by atoms with Crippen LogP contribution in [0.15, 0.2) is 0 Å². The average Bonchev–Trinajstić information content (AvgIpc) is 2.83. The number of ether oxygens (including phenoxy) is 2. The summed E-state index contributed by atoms with van der Waals surface area (Å²) in [4.78, 5) is 22.5. The molecule has 116 valence electrons. The van der Waals surface area contributed by atoms with E-state index in [-0.39, 0.29) is 25.1 Å². The Morgan fingerprint density at radius 1 is 1.57 bits per heavy atom. The van der Waals surface area contributed by atoms with Gasteiger partial charge in [0.05, 0.1) is 12.6 Å². The Labute approximate surface area is 120 Å². The van der Waals surface area contributed by atoms with Gasteiger partial charge in [0, 0.05) is 6.61 Å². The summed E-state index contributed by atoms with van der Waals surface area (Å²) < 4.78 is 11.9.